The molecule has 2 aromatic heterocycles. The molecule has 3 rings (SSSR count). The fraction of sp³-hybridized carbons (Fsp3) is 0.429. The van der Waals surface area contributed by atoms with E-state index in [9.17, 15) is 0 Å². The summed E-state index contributed by atoms with van der Waals surface area (Å²) in [5, 5.41) is 6.56. The van der Waals surface area contributed by atoms with Gasteiger partial charge in [0.25, 0.3) is 0 Å². The first kappa shape index (κ1) is 12.7. The van der Waals surface area contributed by atoms with Gasteiger partial charge in [-0.1, -0.05) is 6.07 Å². The van der Waals surface area contributed by atoms with Crippen molar-refractivity contribution in [2.24, 2.45) is 0 Å². The van der Waals surface area contributed by atoms with Crippen molar-refractivity contribution in [3.8, 4) is 10.7 Å². The van der Waals surface area contributed by atoms with Crippen LogP contribution in [0.15, 0.2) is 29.8 Å². The summed E-state index contributed by atoms with van der Waals surface area (Å²) in [5.41, 5.74) is 2.16. The van der Waals surface area contributed by atoms with Crippen LogP contribution < -0.4 is 5.32 Å². The van der Waals surface area contributed by atoms with E-state index in [0.717, 1.165) is 49.8 Å². The topological polar surface area (TPSA) is 41.1 Å². The Morgan fingerprint density at radius 3 is 2.95 bits per heavy atom. The normalized spacial score (nSPS) is 16.6. The first-order valence-electron chi connectivity index (χ1n) is 6.71. The zero-order valence-electron chi connectivity index (χ0n) is 10.9. The van der Waals surface area contributed by atoms with E-state index in [1.165, 1.54) is 5.69 Å². The molecule has 1 aliphatic rings. The lowest BCUT2D eigenvalue weighted by molar-refractivity contribution is 0.243. The molecule has 100 valence electrons. The van der Waals surface area contributed by atoms with Crippen molar-refractivity contribution in [2.45, 2.75) is 6.42 Å². The van der Waals surface area contributed by atoms with E-state index in [1.807, 2.05) is 24.4 Å². The predicted molar refractivity (Wildman–Crippen MR) is 78.4 cm³/mol. The maximum atomic E-state index is 4.68. The van der Waals surface area contributed by atoms with Gasteiger partial charge in [-0.3, -0.25) is 4.98 Å². The molecule has 2 aromatic rings. The molecular weight excluding hydrogens is 256 g/mol. The number of hydrogen-bond acceptors (Lipinski definition) is 5. The highest BCUT2D eigenvalue weighted by molar-refractivity contribution is 7.13. The summed E-state index contributed by atoms with van der Waals surface area (Å²) in [4.78, 5) is 11.5. The van der Waals surface area contributed by atoms with Crippen LogP contribution in [0.25, 0.3) is 10.7 Å². The summed E-state index contributed by atoms with van der Waals surface area (Å²) in [6.07, 6.45) is 2.85. The van der Waals surface area contributed by atoms with Gasteiger partial charge in [0.1, 0.15) is 5.01 Å². The fourth-order valence-corrected chi connectivity index (χ4v) is 3.07. The molecule has 1 aliphatic heterocycles. The quantitative estimate of drug-likeness (QED) is 0.920. The second-order valence-corrected chi connectivity index (χ2v) is 5.56. The summed E-state index contributed by atoms with van der Waals surface area (Å²) in [5.74, 6) is 0. The summed E-state index contributed by atoms with van der Waals surface area (Å²) >= 11 is 1.68. The van der Waals surface area contributed by atoms with Crippen molar-refractivity contribution in [2.75, 3.05) is 32.7 Å². The van der Waals surface area contributed by atoms with E-state index in [1.54, 1.807) is 11.3 Å². The Morgan fingerprint density at radius 1 is 1.26 bits per heavy atom. The smallest absolute Gasteiger partial charge is 0.142 e. The van der Waals surface area contributed by atoms with Crippen LogP contribution in [0.2, 0.25) is 0 Å². The Kier molecular flexibility index (Phi) is 4.17. The van der Waals surface area contributed by atoms with Crippen molar-refractivity contribution in [3.05, 3.63) is 35.5 Å². The fourth-order valence-electron chi connectivity index (χ4n) is 2.24. The molecule has 5 heteroatoms. The molecule has 3 heterocycles. The van der Waals surface area contributed by atoms with Crippen LogP contribution >= 0.6 is 11.3 Å². The molecule has 0 aromatic carbocycles. The molecule has 0 saturated carbocycles. The van der Waals surface area contributed by atoms with Gasteiger partial charge in [-0.05, 0) is 12.1 Å². The van der Waals surface area contributed by atoms with Crippen LogP contribution in [0.4, 0.5) is 0 Å². The lowest BCUT2D eigenvalue weighted by Gasteiger charge is -2.26. The van der Waals surface area contributed by atoms with Crippen molar-refractivity contribution in [1.82, 2.24) is 20.2 Å². The average molecular weight is 274 g/mol. The van der Waals surface area contributed by atoms with Gasteiger partial charge >= 0.3 is 0 Å². The molecule has 0 amide bonds. The number of aromatic nitrogens is 2. The third kappa shape index (κ3) is 3.37. The number of nitrogens with one attached hydrogen (secondary N) is 1. The highest BCUT2D eigenvalue weighted by atomic mass is 32.1. The Morgan fingerprint density at radius 2 is 2.16 bits per heavy atom. The SMILES string of the molecule is c1ccc(-c2nc(CCN3CCNCC3)cs2)nc1. The maximum Gasteiger partial charge on any atom is 0.142 e. The first-order chi connectivity index (χ1) is 9.42. The van der Waals surface area contributed by atoms with E-state index in [2.05, 4.69) is 25.6 Å². The van der Waals surface area contributed by atoms with E-state index < -0.39 is 0 Å². The van der Waals surface area contributed by atoms with Crippen molar-refractivity contribution < 1.29 is 0 Å². The van der Waals surface area contributed by atoms with Crippen molar-refractivity contribution >= 4 is 11.3 Å². The maximum absolute atomic E-state index is 4.68. The lowest BCUT2D eigenvalue weighted by atomic mass is 10.3. The second kappa shape index (κ2) is 6.23. The van der Waals surface area contributed by atoms with E-state index in [-0.39, 0.29) is 0 Å². The van der Waals surface area contributed by atoms with Gasteiger partial charge < -0.3 is 10.2 Å². The van der Waals surface area contributed by atoms with E-state index >= 15 is 0 Å². The number of hydrogen-bond donors (Lipinski definition) is 1. The minimum Gasteiger partial charge on any atom is -0.314 e. The van der Waals surface area contributed by atoms with Gasteiger partial charge in [0.15, 0.2) is 0 Å². The van der Waals surface area contributed by atoms with Gasteiger partial charge in [-0.15, -0.1) is 11.3 Å². The summed E-state index contributed by atoms with van der Waals surface area (Å²) in [6, 6.07) is 5.95. The number of piperazine rings is 1. The molecule has 0 atom stereocenters. The Bertz CT molecular complexity index is 505. The van der Waals surface area contributed by atoms with Gasteiger partial charge in [-0.2, -0.15) is 0 Å². The molecule has 19 heavy (non-hydrogen) atoms. The van der Waals surface area contributed by atoms with Crippen LogP contribution in [0.3, 0.4) is 0 Å². The standard InChI is InChI=1S/C14H18N4S/c1-2-5-16-13(3-1)14-17-12(11-19-14)4-8-18-9-6-15-7-10-18/h1-3,5,11,15H,4,6-10H2. The zero-order valence-corrected chi connectivity index (χ0v) is 11.7. The predicted octanol–water partition coefficient (Wildman–Crippen LogP) is 1.65. The number of pyridine rings is 1. The molecule has 1 fully saturated rings. The molecule has 1 saturated heterocycles. The highest BCUT2D eigenvalue weighted by Crippen LogP contribution is 2.21. The molecule has 0 spiro atoms. The van der Waals surface area contributed by atoms with Crippen LogP contribution in [0.5, 0.6) is 0 Å². The summed E-state index contributed by atoms with van der Waals surface area (Å²) in [6.45, 7) is 5.62. The van der Waals surface area contributed by atoms with Gasteiger partial charge in [0, 0.05) is 50.7 Å². The number of rotatable bonds is 4. The number of thiazole rings is 1. The zero-order chi connectivity index (χ0) is 12.9. The lowest BCUT2D eigenvalue weighted by Crippen LogP contribution is -2.44. The van der Waals surface area contributed by atoms with Gasteiger partial charge in [-0.25, -0.2) is 4.98 Å². The van der Waals surface area contributed by atoms with E-state index in [4.69, 9.17) is 0 Å². The molecule has 0 aliphatic carbocycles. The van der Waals surface area contributed by atoms with Crippen LogP contribution in [0.1, 0.15) is 5.69 Å². The summed E-state index contributed by atoms with van der Waals surface area (Å²) in [7, 11) is 0. The Hall–Kier alpha value is -1.30. The molecule has 0 bridgehead atoms. The number of nitrogens with zero attached hydrogens (tertiary/aromatic N) is 3. The first-order valence-corrected chi connectivity index (χ1v) is 7.59. The molecule has 0 radical (unpaired) electrons. The molecular formula is C14H18N4S. The minimum atomic E-state index is 0.973. The van der Waals surface area contributed by atoms with Crippen LogP contribution in [0, 0.1) is 0 Å². The molecule has 0 unspecified atom stereocenters. The third-order valence-corrected chi connectivity index (χ3v) is 4.24. The largest absolute Gasteiger partial charge is 0.314 e. The van der Waals surface area contributed by atoms with Crippen molar-refractivity contribution in [3.63, 3.8) is 0 Å². The molecule has 1 N–H and O–H groups in total. The monoisotopic (exact) mass is 274 g/mol. The van der Waals surface area contributed by atoms with Crippen LogP contribution in [-0.2, 0) is 6.42 Å². The average Bonchev–Trinajstić information content (AvgIpc) is 2.96. The molecule has 4 nitrogen and oxygen atoms in total. The second-order valence-electron chi connectivity index (χ2n) is 4.70. The van der Waals surface area contributed by atoms with Gasteiger partial charge in [0.2, 0.25) is 0 Å². The Labute approximate surface area is 117 Å². The third-order valence-electron chi connectivity index (χ3n) is 3.33. The Balaban J connectivity index is 1.59. The van der Waals surface area contributed by atoms with E-state index in [0.29, 0.717) is 0 Å². The highest BCUT2D eigenvalue weighted by Gasteiger charge is 2.11. The van der Waals surface area contributed by atoms with Crippen molar-refractivity contribution in [1.29, 1.82) is 0 Å². The van der Waals surface area contributed by atoms with Crippen LogP contribution in [-0.4, -0.2) is 47.6 Å². The summed E-state index contributed by atoms with van der Waals surface area (Å²) < 4.78 is 0. The van der Waals surface area contributed by atoms with Gasteiger partial charge in [0.05, 0.1) is 11.4 Å². The minimum absolute atomic E-state index is 0.973.